The molecule has 0 spiro atoms. The summed E-state index contributed by atoms with van der Waals surface area (Å²) in [5.74, 6) is 0.0865. The fourth-order valence-corrected chi connectivity index (χ4v) is 2.94. The van der Waals surface area contributed by atoms with Crippen LogP contribution >= 0.6 is 0 Å². The van der Waals surface area contributed by atoms with E-state index in [4.69, 9.17) is 5.73 Å². The summed E-state index contributed by atoms with van der Waals surface area (Å²) >= 11 is 0. The maximum atomic E-state index is 11.6. The number of rotatable bonds is 7. The third-order valence-corrected chi connectivity index (χ3v) is 4.19. The number of hydrogen-bond acceptors (Lipinski definition) is 3. The minimum atomic E-state index is 0.0865. The summed E-state index contributed by atoms with van der Waals surface area (Å²) in [6, 6.07) is 8.57. The van der Waals surface area contributed by atoms with Gasteiger partial charge in [0.25, 0.3) is 0 Å². The molecule has 122 valence electrons. The van der Waals surface area contributed by atoms with Crippen LogP contribution in [-0.2, 0) is 17.9 Å². The highest BCUT2D eigenvalue weighted by molar-refractivity contribution is 5.75. The first kappa shape index (κ1) is 17.0. The number of carbonyl (C=O) groups excluding carboxylic acids is 1. The van der Waals surface area contributed by atoms with Crippen LogP contribution < -0.4 is 11.1 Å². The lowest BCUT2D eigenvalue weighted by Gasteiger charge is -2.20. The number of amides is 1. The van der Waals surface area contributed by atoms with Crippen molar-refractivity contribution in [3.63, 3.8) is 0 Å². The second kappa shape index (κ2) is 9.59. The summed E-state index contributed by atoms with van der Waals surface area (Å²) in [7, 11) is 0. The van der Waals surface area contributed by atoms with Crippen LogP contribution in [-0.4, -0.2) is 30.4 Å². The molecule has 0 unspecified atom stereocenters. The maximum Gasteiger partial charge on any atom is 0.220 e. The molecule has 1 heterocycles. The van der Waals surface area contributed by atoms with Gasteiger partial charge in [0.2, 0.25) is 5.91 Å². The van der Waals surface area contributed by atoms with E-state index in [9.17, 15) is 4.79 Å². The first-order valence-corrected chi connectivity index (χ1v) is 8.55. The molecule has 1 saturated heterocycles. The molecule has 3 N–H and O–H groups in total. The van der Waals surface area contributed by atoms with Gasteiger partial charge in [0, 0.05) is 19.5 Å². The molecule has 1 aliphatic heterocycles. The number of hydrogen-bond donors (Lipinski definition) is 2. The second-order valence-electron chi connectivity index (χ2n) is 6.18. The fraction of sp³-hybridized carbons (Fsp3) is 0.611. The topological polar surface area (TPSA) is 58.4 Å². The molecule has 0 aromatic heterocycles. The van der Waals surface area contributed by atoms with Gasteiger partial charge < -0.3 is 11.1 Å². The lowest BCUT2D eigenvalue weighted by atomic mass is 10.1. The van der Waals surface area contributed by atoms with Gasteiger partial charge in [-0.1, -0.05) is 37.1 Å². The number of nitrogens with one attached hydrogen (secondary N) is 1. The smallest absolute Gasteiger partial charge is 0.220 e. The molecular formula is C18H29N3O. The lowest BCUT2D eigenvalue weighted by molar-refractivity contribution is -0.121. The summed E-state index contributed by atoms with van der Waals surface area (Å²) in [6.45, 7) is 4.62. The van der Waals surface area contributed by atoms with Crippen LogP contribution in [0.15, 0.2) is 24.3 Å². The van der Waals surface area contributed by atoms with Crippen LogP contribution in [0.2, 0.25) is 0 Å². The number of carbonyl (C=O) groups is 1. The van der Waals surface area contributed by atoms with Gasteiger partial charge in [-0.2, -0.15) is 0 Å². The summed E-state index contributed by atoms with van der Waals surface area (Å²) in [5.41, 5.74) is 7.94. The molecule has 4 nitrogen and oxygen atoms in total. The van der Waals surface area contributed by atoms with E-state index in [1.807, 2.05) is 0 Å². The lowest BCUT2D eigenvalue weighted by Crippen LogP contribution is -2.25. The number of likely N-dealkylation sites (tertiary alicyclic amines) is 1. The van der Waals surface area contributed by atoms with E-state index in [0.717, 1.165) is 13.0 Å². The Kier molecular flexibility index (Phi) is 7.40. The Balaban J connectivity index is 1.82. The molecule has 1 aliphatic rings. The van der Waals surface area contributed by atoms with E-state index in [2.05, 4.69) is 34.5 Å². The molecule has 1 fully saturated rings. The SMILES string of the molecule is NCCCC(=O)NCc1cccc(CN2CCCCCC2)c1. The Morgan fingerprint density at radius 3 is 2.59 bits per heavy atom. The quantitative estimate of drug-likeness (QED) is 0.813. The van der Waals surface area contributed by atoms with Gasteiger partial charge in [-0.05, 0) is 50.0 Å². The van der Waals surface area contributed by atoms with Crippen molar-refractivity contribution in [2.24, 2.45) is 5.73 Å². The Labute approximate surface area is 134 Å². The van der Waals surface area contributed by atoms with Gasteiger partial charge >= 0.3 is 0 Å². The molecule has 0 aliphatic carbocycles. The standard InChI is InChI=1S/C18H29N3O/c19-10-6-9-18(22)20-14-16-7-5-8-17(13-16)15-21-11-3-1-2-4-12-21/h5,7-8,13H,1-4,6,9-12,14-15,19H2,(H,20,22). The molecule has 2 rings (SSSR count). The average Bonchev–Trinajstić information content (AvgIpc) is 2.80. The first-order chi connectivity index (χ1) is 10.8. The normalized spacial score (nSPS) is 16.2. The van der Waals surface area contributed by atoms with Gasteiger partial charge in [-0.25, -0.2) is 0 Å². The van der Waals surface area contributed by atoms with Gasteiger partial charge in [0.1, 0.15) is 0 Å². The summed E-state index contributed by atoms with van der Waals surface area (Å²) < 4.78 is 0. The largest absolute Gasteiger partial charge is 0.352 e. The summed E-state index contributed by atoms with van der Waals surface area (Å²) in [4.78, 5) is 14.2. The Hall–Kier alpha value is -1.39. The fourth-order valence-electron chi connectivity index (χ4n) is 2.94. The van der Waals surface area contributed by atoms with Crippen molar-refractivity contribution in [2.45, 2.75) is 51.6 Å². The Bertz CT molecular complexity index is 453. The van der Waals surface area contributed by atoms with Crippen LogP contribution in [0.1, 0.15) is 49.7 Å². The Morgan fingerprint density at radius 2 is 1.86 bits per heavy atom. The zero-order chi connectivity index (χ0) is 15.6. The molecule has 0 atom stereocenters. The van der Waals surface area contributed by atoms with Crippen molar-refractivity contribution in [3.05, 3.63) is 35.4 Å². The third-order valence-electron chi connectivity index (χ3n) is 4.19. The van der Waals surface area contributed by atoms with Crippen molar-refractivity contribution < 1.29 is 4.79 Å². The van der Waals surface area contributed by atoms with Crippen LogP contribution in [0.3, 0.4) is 0 Å². The first-order valence-electron chi connectivity index (χ1n) is 8.55. The molecular weight excluding hydrogens is 274 g/mol. The van der Waals surface area contributed by atoms with Crippen LogP contribution in [0.4, 0.5) is 0 Å². The monoisotopic (exact) mass is 303 g/mol. The molecule has 4 heteroatoms. The van der Waals surface area contributed by atoms with E-state index in [-0.39, 0.29) is 5.91 Å². The van der Waals surface area contributed by atoms with E-state index < -0.39 is 0 Å². The molecule has 22 heavy (non-hydrogen) atoms. The zero-order valence-electron chi connectivity index (χ0n) is 13.5. The number of benzene rings is 1. The molecule has 0 bridgehead atoms. The Morgan fingerprint density at radius 1 is 1.14 bits per heavy atom. The van der Waals surface area contributed by atoms with Crippen molar-refractivity contribution >= 4 is 5.91 Å². The predicted octanol–water partition coefficient (Wildman–Crippen LogP) is 2.42. The molecule has 1 amide bonds. The molecule has 1 aromatic rings. The highest BCUT2D eigenvalue weighted by Crippen LogP contribution is 2.14. The predicted molar refractivity (Wildman–Crippen MR) is 90.3 cm³/mol. The van der Waals surface area contributed by atoms with E-state index >= 15 is 0 Å². The van der Waals surface area contributed by atoms with E-state index in [0.29, 0.717) is 19.5 Å². The summed E-state index contributed by atoms with van der Waals surface area (Å²) in [5, 5.41) is 2.97. The molecule has 0 saturated carbocycles. The van der Waals surface area contributed by atoms with Gasteiger partial charge in [0.05, 0.1) is 0 Å². The van der Waals surface area contributed by atoms with E-state index in [1.165, 1.54) is 49.9 Å². The highest BCUT2D eigenvalue weighted by atomic mass is 16.1. The minimum Gasteiger partial charge on any atom is -0.352 e. The zero-order valence-corrected chi connectivity index (χ0v) is 13.5. The van der Waals surface area contributed by atoms with Crippen LogP contribution in [0.25, 0.3) is 0 Å². The molecule has 0 radical (unpaired) electrons. The maximum absolute atomic E-state index is 11.6. The van der Waals surface area contributed by atoms with Gasteiger partial charge in [-0.15, -0.1) is 0 Å². The van der Waals surface area contributed by atoms with Crippen molar-refractivity contribution in [2.75, 3.05) is 19.6 Å². The molecule has 1 aromatic carbocycles. The summed E-state index contributed by atoms with van der Waals surface area (Å²) in [6.07, 6.45) is 6.63. The van der Waals surface area contributed by atoms with Gasteiger partial charge in [-0.3, -0.25) is 9.69 Å². The van der Waals surface area contributed by atoms with Crippen molar-refractivity contribution in [3.8, 4) is 0 Å². The van der Waals surface area contributed by atoms with Crippen molar-refractivity contribution in [1.82, 2.24) is 10.2 Å². The van der Waals surface area contributed by atoms with Crippen LogP contribution in [0.5, 0.6) is 0 Å². The second-order valence-corrected chi connectivity index (χ2v) is 6.18. The number of nitrogens with two attached hydrogens (primary N) is 1. The van der Waals surface area contributed by atoms with Gasteiger partial charge in [0.15, 0.2) is 0 Å². The van der Waals surface area contributed by atoms with Crippen molar-refractivity contribution in [1.29, 1.82) is 0 Å². The number of nitrogens with zero attached hydrogens (tertiary/aromatic N) is 1. The minimum absolute atomic E-state index is 0.0865. The third kappa shape index (κ3) is 6.16. The van der Waals surface area contributed by atoms with E-state index in [1.54, 1.807) is 0 Å². The average molecular weight is 303 g/mol. The highest BCUT2D eigenvalue weighted by Gasteiger charge is 2.09. The van der Waals surface area contributed by atoms with Crippen LogP contribution in [0, 0.1) is 0 Å².